The molecule has 0 amide bonds. The molecule has 0 radical (unpaired) electrons. The van der Waals surface area contributed by atoms with Crippen LogP contribution in [0, 0.1) is 22.6 Å². The van der Waals surface area contributed by atoms with Gasteiger partial charge in [0.05, 0.1) is 17.3 Å². The Kier molecular flexibility index (Phi) is 3.86. The third kappa shape index (κ3) is 3.01. The van der Waals surface area contributed by atoms with Gasteiger partial charge in [-0.05, 0) is 36.5 Å². The van der Waals surface area contributed by atoms with Crippen molar-refractivity contribution in [2.45, 2.75) is 39.0 Å². The molecule has 2 nitrogen and oxygen atoms in total. The number of rotatable bonds is 3. The molecule has 1 aliphatic carbocycles. The highest BCUT2D eigenvalue weighted by Gasteiger charge is 2.26. The van der Waals surface area contributed by atoms with Crippen LogP contribution in [0.4, 0.5) is 10.1 Å². The molecule has 1 N–H and O–H groups in total. The molecular weight excluding hydrogens is 227 g/mol. The normalized spacial score (nSPS) is 18.1. The third-order valence-corrected chi connectivity index (χ3v) is 3.86. The molecule has 0 bridgehead atoms. The van der Waals surface area contributed by atoms with E-state index in [4.69, 9.17) is 5.26 Å². The molecule has 0 unspecified atom stereocenters. The van der Waals surface area contributed by atoms with E-state index in [1.807, 2.05) is 6.07 Å². The standard InChI is InChI=1S/C15H19FN2/c1-15(7-3-2-4-8-15)11-18-14-6-5-12(10-17)9-13(14)16/h5-6,9,18H,2-4,7-8,11H2,1H3. The Bertz CT molecular complexity index is 456. The molecule has 3 heteroatoms. The summed E-state index contributed by atoms with van der Waals surface area (Å²) in [5, 5.41) is 11.9. The van der Waals surface area contributed by atoms with Crippen molar-refractivity contribution >= 4 is 5.69 Å². The first kappa shape index (κ1) is 12.9. The number of hydrogen-bond acceptors (Lipinski definition) is 2. The highest BCUT2D eigenvalue weighted by Crippen LogP contribution is 2.35. The molecule has 0 aromatic heterocycles. The van der Waals surface area contributed by atoms with Gasteiger partial charge in [0.2, 0.25) is 0 Å². The van der Waals surface area contributed by atoms with Crippen molar-refractivity contribution in [3.8, 4) is 6.07 Å². The first-order valence-corrected chi connectivity index (χ1v) is 6.56. The number of halogens is 1. The second-order valence-electron chi connectivity index (χ2n) is 5.53. The largest absolute Gasteiger partial charge is 0.382 e. The third-order valence-electron chi connectivity index (χ3n) is 3.86. The van der Waals surface area contributed by atoms with Crippen molar-refractivity contribution < 1.29 is 4.39 Å². The number of anilines is 1. The molecule has 1 aliphatic rings. The Labute approximate surface area is 108 Å². The summed E-state index contributed by atoms with van der Waals surface area (Å²) in [7, 11) is 0. The van der Waals surface area contributed by atoms with Crippen LogP contribution in [0.5, 0.6) is 0 Å². The van der Waals surface area contributed by atoms with Gasteiger partial charge in [-0.2, -0.15) is 5.26 Å². The van der Waals surface area contributed by atoms with E-state index >= 15 is 0 Å². The number of nitriles is 1. The Morgan fingerprint density at radius 2 is 2.06 bits per heavy atom. The number of nitrogens with one attached hydrogen (secondary N) is 1. The summed E-state index contributed by atoms with van der Waals surface area (Å²) in [5.41, 5.74) is 1.14. The second kappa shape index (κ2) is 5.39. The molecule has 0 heterocycles. The Morgan fingerprint density at radius 1 is 1.33 bits per heavy atom. The zero-order valence-electron chi connectivity index (χ0n) is 10.8. The minimum absolute atomic E-state index is 0.276. The average Bonchev–Trinajstić information content (AvgIpc) is 2.38. The van der Waals surface area contributed by atoms with Gasteiger partial charge in [0.1, 0.15) is 5.82 Å². The predicted molar refractivity (Wildman–Crippen MR) is 70.8 cm³/mol. The molecule has 1 saturated carbocycles. The van der Waals surface area contributed by atoms with E-state index < -0.39 is 0 Å². The van der Waals surface area contributed by atoms with Crippen LogP contribution in [0.2, 0.25) is 0 Å². The van der Waals surface area contributed by atoms with E-state index in [1.54, 1.807) is 12.1 Å². The van der Waals surface area contributed by atoms with Crippen LogP contribution in [0.15, 0.2) is 18.2 Å². The highest BCUT2D eigenvalue weighted by atomic mass is 19.1. The Hall–Kier alpha value is -1.56. The molecule has 1 aromatic carbocycles. The smallest absolute Gasteiger partial charge is 0.147 e. The van der Waals surface area contributed by atoms with E-state index in [0.717, 1.165) is 6.54 Å². The number of hydrogen-bond donors (Lipinski definition) is 1. The summed E-state index contributed by atoms with van der Waals surface area (Å²) in [6.07, 6.45) is 6.28. The molecule has 1 fully saturated rings. The molecule has 0 spiro atoms. The monoisotopic (exact) mass is 246 g/mol. The highest BCUT2D eigenvalue weighted by molar-refractivity contribution is 5.48. The first-order valence-electron chi connectivity index (χ1n) is 6.56. The molecule has 1 aromatic rings. The molecule has 0 aliphatic heterocycles. The van der Waals surface area contributed by atoms with Gasteiger partial charge in [-0.3, -0.25) is 0 Å². The fourth-order valence-corrected chi connectivity index (χ4v) is 2.62. The van der Waals surface area contributed by atoms with Crippen LogP contribution in [-0.4, -0.2) is 6.54 Å². The van der Waals surface area contributed by atoms with E-state index in [2.05, 4.69) is 12.2 Å². The maximum Gasteiger partial charge on any atom is 0.147 e. The van der Waals surface area contributed by atoms with Gasteiger partial charge in [-0.25, -0.2) is 4.39 Å². The quantitative estimate of drug-likeness (QED) is 0.872. The van der Waals surface area contributed by atoms with Crippen LogP contribution in [0.1, 0.15) is 44.6 Å². The lowest BCUT2D eigenvalue weighted by atomic mass is 9.76. The van der Waals surface area contributed by atoms with E-state index in [9.17, 15) is 4.39 Å². The van der Waals surface area contributed by atoms with Gasteiger partial charge in [-0.1, -0.05) is 26.2 Å². The maximum atomic E-state index is 13.7. The van der Waals surface area contributed by atoms with Gasteiger partial charge < -0.3 is 5.32 Å². The maximum absolute atomic E-state index is 13.7. The summed E-state index contributed by atoms with van der Waals surface area (Å²) in [6, 6.07) is 6.52. The molecule has 96 valence electrons. The lowest BCUT2D eigenvalue weighted by molar-refractivity contribution is 0.233. The molecular formula is C15H19FN2. The molecule has 0 atom stereocenters. The van der Waals surface area contributed by atoms with Crippen LogP contribution in [-0.2, 0) is 0 Å². The van der Waals surface area contributed by atoms with Crippen molar-refractivity contribution in [3.05, 3.63) is 29.6 Å². The zero-order valence-corrected chi connectivity index (χ0v) is 10.8. The summed E-state index contributed by atoms with van der Waals surface area (Å²) < 4.78 is 13.7. The predicted octanol–water partition coefficient (Wildman–Crippen LogP) is 4.08. The van der Waals surface area contributed by atoms with Crippen molar-refractivity contribution in [1.82, 2.24) is 0 Å². The molecule has 2 rings (SSSR count). The summed E-state index contributed by atoms with van der Waals surface area (Å²) in [6.45, 7) is 3.07. The van der Waals surface area contributed by atoms with Crippen LogP contribution in [0.25, 0.3) is 0 Å². The fraction of sp³-hybridized carbons (Fsp3) is 0.533. The molecule has 18 heavy (non-hydrogen) atoms. The van der Waals surface area contributed by atoms with Crippen LogP contribution in [0.3, 0.4) is 0 Å². The van der Waals surface area contributed by atoms with Crippen molar-refractivity contribution in [2.75, 3.05) is 11.9 Å². The van der Waals surface area contributed by atoms with Crippen molar-refractivity contribution in [1.29, 1.82) is 5.26 Å². The minimum atomic E-state index is -0.339. The minimum Gasteiger partial charge on any atom is -0.382 e. The van der Waals surface area contributed by atoms with Gasteiger partial charge in [-0.15, -0.1) is 0 Å². The Morgan fingerprint density at radius 3 is 2.67 bits per heavy atom. The fourth-order valence-electron chi connectivity index (χ4n) is 2.62. The topological polar surface area (TPSA) is 35.8 Å². The summed E-state index contributed by atoms with van der Waals surface area (Å²) in [5.74, 6) is -0.339. The lowest BCUT2D eigenvalue weighted by Gasteiger charge is -2.34. The number of nitrogens with zero attached hydrogens (tertiary/aromatic N) is 1. The van der Waals surface area contributed by atoms with Gasteiger partial charge in [0.25, 0.3) is 0 Å². The van der Waals surface area contributed by atoms with Gasteiger partial charge in [0.15, 0.2) is 0 Å². The molecule has 0 saturated heterocycles. The SMILES string of the molecule is CC1(CNc2ccc(C#N)cc2F)CCCCC1. The van der Waals surface area contributed by atoms with Gasteiger partial charge in [0, 0.05) is 6.54 Å². The number of benzene rings is 1. The average molecular weight is 246 g/mol. The zero-order chi connectivity index (χ0) is 13.0. The summed E-state index contributed by atoms with van der Waals surface area (Å²) >= 11 is 0. The summed E-state index contributed by atoms with van der Waals surface area (Å²) in [4.78, 5) is 0. The van der Waals surface area contributed by atoms with E-state index in [0.29, 0.717) is 11.3 Å². The van der Waals surface area contributed by atoms with E-state index in [1.165, 1.54) is 38.2 Å². The van der Waals surface area contributed by atoms with E-state index in [-0.39, 0.29) is 11.2 Å². The lowest BCUT2D eigenvalue weighted by Crippen LogP contribution is -2.29. The Balaban J connectivity index is 2.00. The second-order valence-corrected chi connectivity index (χ2v) is 5.53. The first-order chi connectivity index (χ1) is 8.63. The van der Waals surface area contributed by atoms with Crippen LogP contribution >= 0.6 is 0 Å². The van der Waals surface area contributed by atoms with Crippen molar-refractivity contribution in [3.63, 3.8) is 0 Å². The van der Waals surface area contributed by atoms with Gasteiger partial charge >= 0.3 is 0 Å². The van der Waals surface area contributed by atoms with Crippen LogP contribution < -0.4 is 5.32 Å². The van der Waals surface area contributed by atoms with Crippen molar-refractivity contribution in [2.24, 2.45) is 5.41 Å².